The Balaban J connectivity index is 1.83. The van der Waals surface area contributed by atoms with E-state index in [0.29, 0.717) is 27.1 Å². The Bertz CT molecular complexity index is 1060. The van der Waals surface area contributed by atoms with E-state index >= 15 is 0 Å². The zero-order chi connectivity index (χ0) is 21.8. The van der Waals surface area contributed by atoms with Crippen LogP contribution in [0.25, 0.3) is 6.08 Å². The molecule has 2 aromatic carbocycles. The van der Waals surface area contributed by atoms with Gasteiger partial charge >= 0.3 is 5.97 Å². The second kappa shape index (κ2) is 8.91. The molecule has 8 nitrogen and oxygen atoms in total. The monoisotopic (exact) mass is 428 g/mol. The number of nitrogens with zero attached hydrogens (tertiary/aromatic N) is 1. The average molecular weight is 428 g/mol. The molecule has 1 fully saturated rings. The number of carboxylic acids is 1. The molecule has 0 bridgehead atoms. The fourth-order valence-corrected chi connectivity index (χ4v) is 3.41. The van der Waals surface area contributed by atoms with Crippen LogP contribution in [0.5, 0.6) is 17.2 Å². The number of hydrogen-bond acceptors (Lipinski definition) is 7. The van der Waals surface area contributed by atoms with Crippen molar-refractivity contribution in [3.63, 3.8) is 0 Å². The minimum atomic E-state index is -1.09. The molecule has 2 aromatic rings. The number of rotatable bonds is 6. The highest BCUT2D eigenvalue weighted by Gasteiger charge is 2.24. The zero-order valence-electron chi connectivity index (χ0n) is 16.5. The molecule has 3 N–H and O–H groups in total. The lowest BCUT2D eigenvalue weighted by Crippen LogP contribution is -2.23. The minimum absolute atomic E-state index is 0.0243. The first-order valence-electron chi connectivity index (χ1n) is 8.93. The van der Waals surface area contributed by atoms with Gasteiger partial charge in [0, 0.05) is 0 Å². The number of aliphatic carboxylic acids is 1. The summed E-state index contributed by atoms with van der Waals surface area (Å²) in [5.41, 5.74) is 1.97. The Labute approximate surface area is 177 Å². The molecule has 30 heavy (non-hydrogen) atoms. The second-order valence-corrected chi connectivity index (χ2v) is 7.51. The van der Waals surface area contributed by atoms with Crippen LogP contribution in [0.15, 0.2) is 46.3 Å². The van der Waals surface area contributed by atoms with Crippen molar-refractivity contribution in [2.45, 2.75) is 20.0 Å². The molecule has 1 aliphatic rings. The van der Waals surface area contributed by atoms with Gasteiger partial charge in [-0.05, 0) is 67.1 Å². The molecule has 1 amide bonds. The number of nitrogens with one attached hydrogen (secondary N) is 1. The number of benzene rings is 2. The first-order chi connectivity index (χ1) is 14.3. The number of phenolic OH excluding ortho intramolecular Hbond substituents is 1. The fraction of sp³-hybridized carbons (Fsp3) is 0.190. The van der Waals surface area contributed by atoms with Crippen molar-refractivity contribution in [2.75, 3.05) is 7.11 Å². The number of amides is 1. The molecule has 0 spiro atoms. The van der Waals surface area contributed by atoms with E-state index < -0.39 is 12.1 Å². The summed E-state index contributed by atoms with van der Waals surface area (Å²) in [6, 6.07) is 9.96. The van der Waals surface area contributed by atoms with Gasteiger partial charge in [0.05, 0.1) is 12.0 Å². The molecule has 0 aromatic heterocycles. The summed E-state index contributed by atoms with van der Waals surface area (Å²) in [7, 11) is 1.45. The Kier molecular flexibility index (Phi) is 6.31. The first-order valence-corrected chi connectivity index (χ1v) is 9.75. The molecule has 1 atom stereocenters. The van der Waals surface area contributed by atoms with E-state index in [1.165, 1.54) is 14.0 Å². The maximum atomic E-state index is 12.3. The van der Waals surface area contributed by atoms with Crippen LogP contribution in [-0.2, 0) is 9.59 Å². The zero-order valence-corrected chi connectivity index (χ0v) is 17.3. The van der Waals surface area contributed by atoms with Gasteiger partial charge in [-0.15, -0.1) is 0 Å². The number of carbonyl (C=O) groups excluding carboxylic acids is 1. The van der Waals surface area contributed by atoms with Crippen molar-refractivity contribution >= 4 is 40.6 Å². The van der Waals surface area contributed by atoms with Crippen molar-refractivity contribution in [3.05, 3.63) is 52.4 Å². The predicted molar refractivity (Wildman–Crippen MR) is 114 cm³/mol. The summed E-state index contributed by atoms with van der Waals surface area (Å²) in [4.78, 5) is 28.0. The Morgan fingerprint density at radius 1 is 1.23 bits per heavy atom. The highest BCUT2D eigenvalue weighted by molar-refractivity contribution is 8.18. The molecule has 9 heteroatoms. The molecule has 0 radical (unpaired) electrons. The van der Waals surface area contributed by atoms with E-state index in [0.717, 1.165) is 17.3 Å². The summed E-state index contributed by atoms with van der Waals surface area (Å²) < 4.78 is 10.7. The first kappa shape index (κ1) is 21.3. The number of hydrogen-bond donors (Lipinski definition) is 3. The van der Waals surface area contributed by atoms with Crippen molar-refractivity contribution in [1.29, 1.82) is 0 Å². The van der Waals surface area contributed by atoms with Crippen LogP contribution in [0.4, 0.5) is 5.69 Å². The molecule has 3 rings (SSSR count). The summed E-state index contributed by atoms with van der Waals surface area (Å²) in [6.45, 7) is 3.30. The largest absolute Gasteiger partial charge is 0.506 e. The van der Waals surface area contributed by atoms with Gasteiger partial charge in [-0.3, -0.25) is 4.79 Å². The van der Waals surface area contributed by atoms with E-state index in [1.54, 1.807) is 42.5 Å². The van der Waals surface area contributed by atoms with Crippen LogP contribution >= 0.6 is 11.8 Å². The maximum absolute atomic E-state index is 12.3. The van der Waals surface area contributed by atoms with E-state index in [2.05, 4.69) is 10.3 Å². The second-order valence-electron chi connectivity index (χ2n) is 6.48. The van der Waals surface area contributed by atoms with Gasteiger partial charge < -0.3 is 25.0 Å². The Morgan fingerprint density at radius 2 is 2.00 bits per heavy atom. The summed E-state index contributed by atoms with van der Waals surface area (Å²) in [5.74, 6) is -0.746. The number of thioether (sulfide) groups is 1. The van der Waals surface area contributed by atoms with Gasteiger partial charge in [-0.25, -0.2) is 9.79 Å². The van der Waals surface area contributed by atoms with Crippen LogP contribution in [-0.4, -0.2) is 40.5 Å². The van der Waals surface area contributed by atoms with Crippen LogP contribution in [0.1, 0.15) is 18.1 Å². The van der Waals surface area contributed by atoms with Crippen LogP contribution < -0.4 is 14.8 Å². The van der Waals surface area contributed by atoms with Crippen LogP contribution in [0.2, 0.25) is 0 Å². The third-order valence-electron chi connectivity index (χ3n) is 4.14. The van der Waals surface area contributed by atoms with Gasteiger partial charge in [0.2, 0.25) is 0 Å². The third-order valence-corrected chi connectivity index (χ3v) is 5.05. The normalized spacial score (nSPS) is 17.1. The minimum Gasteiger partial charge on any atom is -0.506 e. The van der Waals surface area contributed by atoms with Gasteiger partial charge in [-0.1, -0.05) is 12.1 Å². The fourth-order valence-electron chi connectivity index (χ4n) is 2.58. The molecule has 156 valence electrons. The average Bonchev–Trinajstić information content (AvgIpc) is 3.04. The lowest BCUT2D eigenvalue weighted by atomic mass is 10.2. The van der Waals surface area contributed by atoms with E-state index in [1.807, 2.05) is 6.92 Å². The highest BCUT2D eigenvalue weighted by Crippen LogP contribution is 2.34. The molecule has 0 aliphatic carbocycles. The number of aliphatic imine (C=N–C) groups is 1. The molecule has 1 saturated heterocycles. The Morgan fingerprint density at radius 3 is 2.70 bits per heavy atom. The van der Waals surface area contributed by atoms with Crippen LogP contribution in [0, 0.1) is 6.92 Å². The van der Waals surface area contributed by atoms with Gasteiger partial charge in [0.1, 0.15) is 11.4 Å². The third kappa shape index (κ3) is 4.93. The lowest BCUT2D eigenvalue weighted by Gasteiger charge is -2.14. The number of carboxylic acid groups (broad SMARTS) is 1. The van der Waals surface area contributed by atoms with Crippen LogP contribution in [0.3, 0.4) is 0 Å². The molecule has 1 unspecified atom stereocenters. The van der Waals surface area contributed by atoms with Crippen molar-refractivity contribution in [2.24, 2.45) is 4.99 Å². The number of amidine groups is 1. The summed E-state index contributed by atoms with van der Waals surface area (Å²) in [6.07, 6.45) is 0.627. The summed E-state index contributed by atoms with van der Waals surface area (Å²) in [5, 5.41) is 22.0. The Hall–Kier alpha value is -3.46. The summed E-state index contributed by atoms with van der Waals surface area (Å²) >= 11 is 1.14. The number of ether oxygens (including phenoxy) is 2. The van der Waals surface area contributed by atoms with Gasteiger partial charge in [-0.2, -0.15) is 0 Å². The van der Waals surface area contributed by atoms with Gasteiger partial charge in [0.15, 0.2) is 22.8 Å². The number of phenols is 1. The molecular weight excluding hydrogens is 408 g/mol. The van der Waals surface area contributed by atoms with E-state index in [4.69, 9.17) is 14.6 Å². The lowest BCUT2D eigenvalue weighted by molar-refractivity contribution is -0.144. The van der Waals surface area contributed by atoms with Crippen molar-refractivity contribution in [3.8, 4) is 17.2 Å². The maximum Gasteiger partial charge on any atom is 0.344 e. The smallest absolute Gasteiger partial charge is 0.344 e. The highest BCUT2D eigenvalue weighted by atomic mass is 32.2. The van der Waals surface area contributed by atoms with E-state index in [9.17, 15) is 14.7 Å². The SMILES string of the molecule is COc1cc(/C=C2/SC(=Nc3cc(C)ccc3O)NC2=O)ccc1OC(C)C(=O)O. The number of aryl methyl sites for hydroxylation is 1. The number of aromatic hydroxyl groups is 1. The number of methoxy groups -OCH3 is 1. The standard InChI is InChI=1S/C21H20N2O6S/c1-11-4-6-15(24)14(8-11)22-21-23-19(25)18(30-21)10-13-5-7-16(17(9-13)28-3)29-12(2)20(26)27/h4-10,12,24H,1-3H3,(H,26,27)(H,22,23,25)/b18-10+. The van der Waals surface area contributed by atoms with Crippen molar-refractivity contribution < 1.29 is 29.3 Å². The molecule has 0 saturated carbocycles. The van der Waals surface area contributed by atoms with Crippen molar-refractivity contribution in [1.82, 2.24) is 5.32 Å². The molecule has 1 aliphatic heterocycles. The molecular formula is C21H20N2O6S. The molecule has 1 heterocycles. The number of carbonyl (C=O) groups is 2. The topological polar surface area (TPSA) is 117 Å². The predicted octanol–water partition coefficient (Wildman–Crippen LogP) is 3.45. The van der Waals surface area contributed by atoms with Gasteiger partial charge in [0.25, 0.3) is 5.91 Å². The quantitative estimate of drug-likeness (QED) is 0.603. The van der Waals surface area contributed by atoms with E-state index in [-0.39, 0.29) is 17.4 Å².